The Balaban J connectivity index is 1.74. The van der Waals surface area contributed by atoms with Crippen molar-refractivity contribution < 1.29 is 4.74 Å². The van der Waals surface area contributed by atoms with Gasteiger partial charge in [0.1, 0.15) is 0 Å². The molecule has 31 heavy (non-hydrogen) atoms. The van der Waals surface area contributed by atoms with E-state index in [9.17, 15) is 4.79 Å². The van der Waals surface area contributed by atoms with Crippen LogP contribution in [0.25, 0.3) is 0 Å². The Morgan fingerprint density at radius 3 is 2.45 bits per heavy atom. The van der Waals surface area contributed by atoms with Crippen LogP contribution in [0.4, 0.5) is 11.6 Å². The van der Waals surface area contributed by atoms with Crippen LogP contribution in [0.3, 0.4) is 0 Å². The van der Waals surface area contributed by atoms with E-state index >= 15 is 0 Å². The zero-order chi connectivity index (χ0) is 21.8. The van der Waals surface area contributed by atoms with E-state index in [1.165, 1.54) is 5.56 Å². The lowest BCUT2D eigenvalue weighted by Gasteiger charge is -2.38. The van der Waals surface area contributed by atoms with Gasteiger partial charge < -0.3 is 4.74 Å². The summed E-state index contributed by atoms with van der Waals surface area (Å²) in [6.07, 6.45) is 1.51. The second-order valence-corrected chi connectivity index (χ2v) is 8.16. The molecular formula is C25H30N4O2. The largest absolute Gasteiger partial charge is 0.385 e. The molecule has 1 aliphatic heterocycles. The summed E-state index contributed by atoms with van der Waals surface area (Å²) in [7, 11) is 1.72. The van der Waals surface area contributed by atoms with Crippen LogP contribution in [0, 0.1) is 13.8 Å². The molecule has 0 aliphatic carbocycles. The van der Waals surface area contributed by atoms with Gasteiger partial charge in [-0.3, -0.25) is 19.2 Å². The first kappa shape index (κ1) is 21.3. The van der Waals surface area contributed by atoms with E-state index in [4.69, 9.17) is 9.72 Å². The second-order valence-electron chi connectivity index (χ2n) is 8.16. The molecule has 4 rings (SSSR count). The molecule has 162 valence electrons. The summed E-state index contributed by atoms with van der Waals surface area (Å²) in [6.45, 7) is 6.80. The first-order chi connectivity index (χ1) is 15.1. The van der Waals surface area contributed by atoms with Crippen LogP contribution < -0.4 is 10.5 Å². The highest BCUT2D eigenvalue weighted by Crippen LogP contribution is 2.28. The number of methoxy groups -OCH3 is 1. The van der Waals surface area contributed by atoms with Crippen molar-refractivity contribution in [1.29, 1.82) is 0 Å². The standard InChI is InChI=1S/C25H30N4O2/c1-19-10-12-22(13-11-19)28-17-27(14-7-15-31-3)18-29-24(30)23(20(2)26-25(28)29)16-21-8-5-4-6-9-21/h4-6,8-13H,7,14-18H2,1-3H3. The van der Waals surface area contributed by atoms with Crippen molar-refractivity contribution in [3.8, 4) is 0 Å². The van der Waals surface area contributed by atoms with E-state index in [1.807, 2.05) is 29.7 Å². The fraction of sp³-hybridized carbons (Fsp3) is 0.360. The van der Waals surface area contributed by atoms with Gasteiger partial charge in [0.2, 0.25) is 5.95 Å². The van der Waals surface area contributed by atoms with Crippen molar-refractivity contribution in [3.05, 3.63) is 87.3 Å². The zero-order valence-corrected chi connectivity index (χ0v) is 18.5. The molecule has 2 heterocycles. The van der Waals surface area contributed by atoms with Crippen molar-refractivity contribution in [2.24, 2.45) is 0 Å². The number of aryl methyl sites for hydroxylation is 2. The van der Waals surface area contributed by atoms with E-state index in [0.29, 0.717) is 32.3 Å². The molecule has 6 nitrogen and oxygen atoms in total. The maximum atomic E-state index is 13.6. The molecule has 0 saturated carbocycles. The number of anilines is 2. The fourth-order valence-electron chi connectivity index (χ4n) is 4.03. The lowest BCUT2D eigenvalue weighted by molar-refractivity contribution is 0.150. The molecule has 0 radical (unpaired) electrons. The second kappa shape index (κ2) is 9.45. The molecule has 2 aromatic carbocycles. The Morgan fingerprint density at radius 1 is 1.00 bits per heavy atom. The van der Waals surface area contributed by atoms with Crippen LogP contribution in [0.2, 0.25) is 0 Å². The van der Waals surface area contributed by atoms with Crippen LogP contribution in [-0.4, -0.2) is 41.4 Å². The van der Waals surface area contributed by atoms with Gasteiger partial charge >= 0.3 is 0 Å². The van der Waals surface area contributed by atoms with Gasteiger partial charge in [0.15, 0.2) is 0 Å². The van der Waals surface area contributed by atoms with Crippen molar-refractivity contribution in [1.82, 2.24) is 14.5 Å². The summed E-state index contributed by atoms with van der Waals surface area (Å²) < 4.78 is 7.05. The van der Waals surface area contributed by atoms with Gasteiger partial charge in [-0.25, -0.2) is 4.98 Å². The Morgan fingerprint density at radius 2 is 1.74 bits per heavy atom. The first-order valence-corrected chi connectivity index (χ1v) is 10.8. The molecule has 1 aromatic heterocycles. The number of hydrogen-bond donors (Lipinski definition) is 0. The summed E-state index contributed by atoms with van der Waals surface area (Å²) in [6, 6.07) is 18.5. The molecule has 6 heteroatoms. The minimum atomic E-state index is 0.0416. The summed E-state index contributed by atoms with van der Waals surface area (Å²) in [5.74, 6) is 0.714. The van der Waals surface area contributed by atoms with Gasteiger partial charge in [-0.2, -0.15) is 0 Å². The van der Waals surface area contributed by atoms with Crippen molar-refractivity contribution >= 4 is 11.6 Å². The van der Waals surface area contributed by atoms with Crippen LogP contribution >= 0.6 is 0 Å². The van der Waals surface area contributed by atoms with E-state index in [0.717, 1.165) is 35.5 Å². The minimum absolute atomic E-state index is 0.0416. The molecule has 0 saturated heterocycles. The summed E-state index contributed by atoms with van der Waals surface area (Å²) in [4.78, 5) is 22.9. The van der Waals surface area contributed by atoms with Crippen molar-refractivity contribution in [3.63, 3.8) is 0 Å². The first-order valence-electron chi connectivity index (χ1n) is 10.8. The number of hydrogen-bond acceptors (Lipinski definition) is 5. The number of benzene rings is 2. The van der Waals surface area contributed by atoms with E-state index in [2.05, 4.69) is 53.1 Å². The summed E-state index contributed by atoms with van der Waals surface area (Å²) in [5.41, 5.74) is 4.96. The quantitative estimate of drug-likeness (QED) is 0.546. The van der Waals surface area contributed by atoms with Crippen LogP contribution in [0.1, 0.15) is 28.8 Å². The minimum Gasteiger partial charge on any atom is -0.385 e. The molecule has 0 atom stereocenters. The maximum absolute atomic E-state index is 13.6. The normalized spacial score (nSPS) is 14.0. The third-order valence-electron chi connectivity index (χ3n) is 5.77. The van der Waals surface area contributed by atoms with E-state index < -0.39 is 0 Å². The number of ether oxygens (including phenoxy) is 1. The zero-order valence-electron chi connectivity index (χ0n) is 18.5. The van der Waals surface area contributed by atoms with Crippen molar-refractivity contribution in [2.75, 3.05) is 31.8 Å². The smallest absolute Gasteiger partial charge is 0.259 e. The fourth-order valence-corrected chi connectivity index (χ4v) is 4.03. The third-order valence-corrected chi connectivity index (χ3v) is 5.77. The molecule has 0 spiro atoms. The number of rotatable bonds is 7. The highest BCUT2D eigenvalue weighted by atomic mass is 16.5. The predicted molar refractivity (Wildman–Crippen MR) is 124 cm³/mol. The topological polar surface area (TPSA) is 50.6 Å². The molecule has 0 N–H and O–H groups in total. The van der Waals surface area contributed by atoms with Gasteiger partial charge in [-0.05, 0) is 38.0 Å². The van der Waals surface area contributed by atoms with Gasteiger partial charge in [0, 0.05) is 37.9 Å². The Kier molecular flexibility index (Phi) is 6.49. The lowest BCUT2D eigenvalue weighted by Crippen LogP contribution is -2.48. The number of nitrogens with zero attached hydrogens (tertiary/aromatic N) is 4. The number of aromatic nitrogens is 2. The predicted octanol–water partition coefficient (Wildman–Crippen LogP) is 3.86. The van der Waals surface area contributed by atoms with Gasteiger partial charge in [-0.15, -0.1) is 0 Å². The van der Waals surface area contributed by atoms with E-state index in [-0.39, 0.29) is 5.56 Å². The van der Waals surface area contributed by atoms with Crippen LogP contribution in [-0.2, 0) is 17.8 Å². The molecule has 1 aliphatic rings. The molecule has 3 aromatic rings. The number of fused-ring (bicyclic) bond motifs is 1. The lowest BCUT2D eigenvalue weighted by atomic mass is 10.1. The summed E-state index contributed by atoms with van der Waals surface area (Å²) >= 11 is 0. The average molecular weight is 419 g/mol. The van der Waals surface area contributed by atoms with Gasteiger partial charge in [0.05, 0.1) is 19.0 Å². The monoisotopic (exact) mass is 418 g/mol. The van der Waals surface area contributed by atoms with Crippen LogP contribution in [0.5, 0.6) is 0 Å². The summed E-state index contributed by atoms with van der Waals surface area (Å²) in [5, 5.41) is 0. The van der Waals surface area contributed by atoms with E-state index in [1.54, 1.807) is 7.11 Å². The molecule has 0 amide bonds. The highest BCUT2D eigenvalue weighted by molar-refractivity contribution is 5.59. The Hall–Kier alpha value is -2.96. The molecule has 0 unspecified atom stereocenters. The van der Waals surface area contributed by atoms with Gasteiger partial charge in [-0.1, -0.05) is 48.0 Å². The Bertz CT molecular complexity index is 1080. The van der Waals surface area contributed by atoms with Crippen LogP contribution in [0.15, 0.2) is 59.4 Å². The molecule has 0 fully saturated rings. The van der Waals surface area contributed by atoms with Crippen molar-refractivity contribution in [2.45, 2.75) is 33.4 Å². The molecular weight excluding hydrogens is 388 g/mol. The Labute approximate surface area is 183 Å². The third kappa shape index (κ3) is 4.70. The SMILES string of the molecule is COCCCN1CN(c2ccc(C)cc2)c2nc(C)c(Cc3ccccc3)c(=O)n2C1. The molecule has 0 bridgehead atoms. The highest BCUT2D eigenvalue weighted by Gasteiger charge is 2.27. The maximum Gasteiger partial charge on any atom is 0.259 e. The van der Waals surface area contributed by atoms with Gasteiger partial charge in [0.25, 0.3) is 5.56 Å². The average Bonchev–Trinajstić information content (AvgIpc) is 2.78.